The lowest BCUT2D eigenvalue weighted by molar-refractivity contribution is -0.141. The fourth-order valence-electron chi connectivity index (χ4n) is 4.43. The zero-order chi connectivity index (χ0) is 29.1. The fourth-order valence-corrected chi connectivity index (χ4v) is 5.61. The third-order valence-corrected chi connectivity index (χ3v) is 7.78. The molecule has 0 aliphatic carbocycles. The van der Waals surface area contributed by atoms with Gasteiger partial charge in [-0.15, -0.1) is 0 Å². The van der Waals surface area contributed by atoms with Crippen LogP contribution in [0.25, 0.3) is 0 Å². The van der Waals surface area contributed by atoms with Crippen LogP contribution < -0.4 is 14.4 Å². The van der Waals surface area contributed by atoms with Gasteiger partial charge in [-0.05, 0) is 60.9 Å². The van der Waals surface area contributed by atoms with Gasteiger partial charge in [0.1, 0.15) is 11.8 Å². The highest BCUT2D eigenvalue weighted by Gasteiger charge is 2.30. The number of anilines is 1. The molecule has 0 fully saturated rings. The first-order valence-electron chi connectivity index (χ1n) is 13.1. The first-order chi connectivity index (χ1) is 19.1. The van der Waals surface area contributed by atoms with Gasteiger partial charge in [0.2, 0.25) is 21.8 Å². The number of rotatable bonds is 14. The van der Waals surface area contributed by atoms with Crippen molar-refractivity contribution in [1.29, 1.82) is 0 Å². The van der Waals surface area contributed by atoms with E-state index in [0.717, 1.165) is 17.4 Å². The molecular weight excluding hydrogens is 550 g/mol. The van der Waals surface area contributed by atoms with Gasteiger partial charge in [-0.1, -0.05) is 54.1 Å². The first-order valence-corrected chi connectivity index (χ1v) is 15.3. The van der Waals surface area contributed by atoms with Gasteiger partial charge in [0.15, 0.2) is 0 Å². The largest absolute Gasteiger partial charge is 0.494 e. The minimum Gasteiger partial charge on any atom is -0.494 e. The van der Waals surface area contributed by atoms with Crippen molar-refractivity contribution in [2.75, 3.05) is 30.8 Å². The standard InChI is InChI=1S/C30H36ClN3O5S/c1-4-39-27-17-15-26(16-18-27)34(40(3,37)38)19-9-14-29(35)33(22-24-12-8-13-25(31)20-24)28(30(36)32-2)21-23-10-6-5-7-11-23/h5-8,10-13,15-18,20,28H,4,9,14,19,21-22H2,1-3H3,(H,32,36). The molecule has 0 bridgehead atoms. The van der Waals surface area contributed by atoms with Gasteiger partial charge in [0, 0.05) is 38.0 Å². The molecule has 10 heteroatoms. The molecule has 3 aromatic rings. The van der Waals surface area contributed by atoms with Crippen molar-refractivity contribution in [3.8, 4) is 5.75 Å². The van der Waals surface area contributed by atoms with Gasteiger partial charge in [-0.2, -0.15) is 0 Å². The van der Waals surface area contributed by atoms with Gasteiger partial charge in [-0.3, -0.25) is 13.9 Å². The van der Waals surface area contributed by atoms with Crippen LogP contribution in [0.1, 0.15) is 30.9 Å². The highest BCUT2D eigenvalue weighted by Crippen LogP contribution is 2.23. The smallest absolute Gasteiger partial charge is 0.242 e. The number of sulfonamides is 1. The number of carbonyl (C=O) groups is 2. The molecule has 0 saturated heterocycles. The molecule has 0 spiro atoms. The number of likely N-dealkylation sites (N-methyl/N-ethyl adjacent to an activating group) is 1. The summed E-state index contributed by atoms with van der Waals surface area (Å²) >= 11 is 6.20. The molecule has 1 N–H and O–H groups in total. The molecule has 40 heavy (non-hydrogen) atoms. The van der Waals surface area contributed by atoms with E-state index in [-0.39, 0.29) is 37.7 Å². The second-order valence-electron chi connectivity index (χ2n) is 9.34. The van der Waals surface area contributed by atoms with Crippen molar-refractivity contribution < 1.29 is 22.7 Å². The Morgan fingerprint density at radius 3 is 2.25 bits per heavy atom. The van der Waals surface area contributed by atoms with Crippen LogP contribution in [-0.4, -0.2) is 57.6 Å². The highest BCUT2D eigenvalue weighted by atomic mass is 35.5. The topological polar surface area (TPSA) is 96.0 Å². The quantitative estimate of drug-likeness (QED) is 0.297. The number of carbonyl (C=O) groups excluding carboxylic acids is 2. The van der Waals surface area contributed by atoms with E-state index in [1.807, 2.05) is 43.3 Å². The predicted octanol–water partition coefficient (Wildman–Crippen LogP) is 4.67. The molecule has 0 saturated carbocycles. The Hall–Kier alpha value is -3.56. The van der Waals surface area contributed by atoms with Gasteiger partial charge >= 0.3 is 0 Å². The van der Waals surface area contributed by atoms with E-state index in [0.29, 0.717) is 29.5 Å². The monoisotopic (exact) mass is 585 g/mol. The summed E-state index contributed by atoms with van der Waals surface area (Å²) in [6.45, 7) is 2.66. The number of amides is 2. The molecule has 0 aromatic heterocycles. The van der Waals surface area contributed by atoms with Crippen LogP contribution in [0.4, 0.5) is 5.69 Å². The molecule has 8 nitrogen and oxygen atoms in total. The molecule has 1 unspecified atom stereocenters. The molecule has 0 heterocycles. The summed E-state index contributed by atoms with van der Waals surface area (Å²) in [5, 5.41) is 3.22. The van der Waals surface area contributed by atoms with Crippen LogP contribution in [0, 0.1) is 0 Å². The number of hydrogen-bond acceptors (Lipinski definition) is 5. The lowest BCUT2D eigenvalue weighted by atomic mass is 10.0. The van der Waals surface area contributed by atoms with Gasteiger partial charge in [0.25, 0.3) is 0 Å². The Bertz CT molecular complexity index is 1370. The van der Waals surface area contributed by atoms with Crippen molar-refractivity contribution >= 4 is 39.1 Å². The van der Waals surface area contributed by atoms with E-state index < -0.39 is 16.1 Å². The number of benzene rings is 3. The maximum absolute atomic E-state index is 13.7. The Morgan fingerprint density at radius 1 is 0.975 bits per heavy atom. The number of hydrogen-bond donors (Lipinski definition) is 1. The molecule has 0 aliphatic rings. The molecule has 3 rings (SSSR count). The average molecular weight is 586 g/mol. The SMILES string of the molecule is CCOc1ccc(N(CCCC(=O)N(Cc2cccc(Cl)c2)C(Cc2ccccc2)C(=O)NC)S(C)(=O)=O)cc1. The van der Waals surface area contributed by atoms with Crippen molar-refractivity contribution in [1.82, 2.24) is 10.2 Å². The summed E-state index contributed by atoms with van der Waals surface area (Å²) in [6, 6.07) is 22.7. The highest BCUT2D eigenvalue weighted by molar-refractivity contribution is 7.92. The van der Waals surface area contributed by atoms with Crippen molar-refractivity contribution in [2.24, 2.45) is 0 Å². The van der Waals surface area contributed by atoms with Crippen LogP contribution in [0.5, 0.6) is 5.75 Å². The summed E-state index contributed by atoms with van der Waals surface area (Å²) in [5.41, 5.74) is 2.19. The van der Waals surface area contributed by atoms with Crippen LogP contribution in [0.2, 0.25) is 5.02 Å². The van der Waals surface area contributed by atoms with Gasteiger partial charge in [-0.25, -0.2) is 8.42 Å². The van der Waals surface area contributed by atoms with Gasteiger partial charge in [0.05, 0.1) is 18.6 Å². The molecule has 214 valence electrons. The maximum Gasteiger partial charge on any atom is 0.242 e. The normalized spacial score (nSPS) is 11.9. The Balaban J connectivity index is 1.82. The number of ether oxygens (including phenoxy) is 1. The number of nitrogens with zero attached hydrogens (tertiary/aromatic N) is 2. The molecular formula is C30H36ClN3O5S. The second-order valence-corrected chi connectivity index (χ2v) is 11.7. The fraction of sp³-hybridized carbons (Fsp3) is 0.333. The van der Waals surface area contributed by atoms with Crippen LogP contribution in [0.15, 0.2) is 78.9 Å². The van der Waals surface area contributed by atoms with Crippen LogP contribution in [-0.2, 0) is 32.6 Å². The van der Waals surface area contributed by atoms with Crippen LogP contribution in [0.3, 0.4) is 0 Å². The van der Waals surface area contributed by atoms with E-state index >= 15 is 0 Å². The second kappa shape index (κ2) is 14.7. The lowest BCUT2D eigenvalue weighted by Gasteiger charge is -2.31. The van der Waals surface area contributed by atoms with E-state index in [1.54, 1.807) is 54.4 Å². The number of halogens is 1. The van der Waals surface area contributed by atoms with E-state index in [4.69, 9.17) is 16.3 Å². The molecule has 3 aromatic carbocycles. The maximum atomic E-state index is 13.7. The predicted molar refractivity (Wildman–Crippen MR) is 159 cm³/mol. The van der Waals surface area contributed by atoms with Crippen molar-refractivity contribution in [3.05, 3.63) is 95.0 Å². The third kappa shape index (κ3) is 8.99. The Labute approximate surface area is 241 Å². The van der Waals surface area contributed by atoms with E-state index in [1.165, 1.54) is 4.31 Å². The molecule has 1 atom stereocenters. The average Bonchev–Trinajstić information content (AvgIpc) is 2.93. The first kappa shape index (κ1) is 31.0. The van der Waals surface area contributed by atoms with Crippen molar-refractivity contribution in [2.45, 2.75) is 38.8 Å². The molecule has 2 amide bonds. The minimum absolute atomic E-state index is 0.0475. The lowest BCUT2D eigenvalue weighted by Crippen LogP contribution is -2.49. The summed E-state index contributed by atoms with van der Waals surface area (Å²) < 4.78 is 31.9. The molecule has 0 radical (unpaired) electrons. The number of nitrogens with one attached hydrogen (secondary N) is 1. The minimum atomic E-state index is -3.60. The van der Waals surface area contributed by atoms with E-state index in [9.17, 15) is 18.0 Å². The summed E-state index contributed by atoms with van der Waals surface area (Å²) in [6.07, 6.45) is 1.77. The van der Waals surface area contributed by atoms with Crippen LogP contribution >= 0.6 is 11.6 Å². The zero-order valence-electron chi connectivity index (χ0n) is 23.0. The van der Waals surface area contributed by atoms with E-state index in [2.05, 4.69) is 5.32 Å². The van der Waals surface area contributed by atoms with Crippen molar-refractivity contribution in [3.63, 3.8) is 0 Å². The molecule has 0 aliphatic heterocycles. The summed E-state index contributed by atoms with van der Waals surface area (Å²) in [4.78, 5) is 28.3. The zero-order valence-corrected chi connectivity index (χ0v) is 24.6. The third-order valence-electron chi connectivity index (χ3n) is 6.35. The Kier molecular flexibility index (Phi) is 11.4. The Morgan fingerprint density at radius 2 is 1.65 bits per heavy atom. The van der Waals surface area contributed by atoms with Gasteiger partial charge < -0.3 is 15.0 Å². The summed E-state index contributed by atoms with van der Waals surface area (Å²) in [7, 11) is -2.06. The summed E-state index contributed by atoms with van der Waals surface area (Å²) in [5.74, 6) is 0.0984.